The highest BCUT2D eigenvalue weighted by molar-refractivity contribution is 5.85. The van der Waals surface area contributed by atoms with Crippen LogP contribution < -0.4 is 10.3 Å². The van der Waals surface area contributed by atoms with Crippen LogP contribution in [0.5, 0.6) is 0 Å². The number of hydrogen-bond acceptors (Lipinski definition) is 3. The molecule has 144 valence electrons. The molecule has 4 rings (SSSR count). The normalized spacial score (nSPS) is 14.5. The van der Waals surface area contributed by atoms with Gasteiger partial charge in [0, 0.05) is 49.5 Å². The van der Waals surface area contributed by atoms with Crippen LogP contribution in [-0.2, 0) is 11.3 Å². The Labute approximate surface area is 164 Å². The van der Waals surface area contributed by atoms with Gasteiger partial charge in [-0.2, -0.15) is 0 Å². The molecule has 1 amide bonds. The van der Waals surface area contributed by atoms with Gasteiger partial charge in [-0.1, -0.05) is 24.3 Å². The van der Waals surface area contributed by atoms with E-state index in [4.69, 9.17) is 0 Å². The van der Waals surface area contributed by atoms with E-state index < -0.39 is 0 Å². The lowest BCUT2D eigenvalue weighted by Crippen LogP contribution is -2.49. The molecule has 2 heterocycles. The van der Waals surface area contributed by atoms with Crippen molar-refractivity contribution in [3.63, 3.8) is 0 Å². The molecule has 0 radical (unpaired) electrons. The molecule has 5 heteroatoms. The Bertz CT molecular complexity index is 1060. The smallest absolute Gasteiger partial charge is 0.242 e. The molecule has 0 bridgehead atoms. The number of pyridine rings is 1. The average molecular weight is 375 g/mol. The Morgan fingerprint density at radius 3 is 2.39 bits per heavy atom. The molecule has 3 aromatic rings. The minimum Gasteiger partial charge on any atom is -0.368 e. The highest BCUT2D eigenvalue weighted by Crippen LogP contribution is 2.19. The van der Waals surface area contributed by atoms with Gasteiger partial charge in [0.1, 0.15) is 6.54 Å². The highest BCUT2D eigenvalue weighted by Gasteiger charge is 2.21. The zero-order chi connectivity index (χ0) is 19.7. The summed E-state index contributed by atoms with van der Waals surface area (Å²) in [5.41, 5.74) is 4.09. The lowest BCUT2D eigenvalue weighted by atomic mass is 10.1. The number of aromatic nitrogens is 1. The zero-order valence-electron chi connectivity index (χ0n) is 16.4. The number of fused-ring (bicyclic) bond motifs is 1. The van der Waals surface area contributed by atoms with E-state index in [0.717, 1.165) is 29.7 Å². The summed E-state index contributed by atoms with van der Waals surface area (Å²) >= 11 is 0. The molecule has 2 aromatic carbocycles. The van der Waals surface area contributed by atoms with Gasteiger partial charge >= 0.3 is 0 Å². The Morgan fingerprint density at radius 1 is 0.964 bits per heavy atom. The summed E-state index contributed by atoms with van der Waals surface area (Å²) in [5, 5.41) is 0.704. The predicted octanol–water partition coefficient (Wildman–Crippen LogP) is 2.97. The number of aryl methyl sites for hydroxylation is 2. The second-order valence-electron chi connectivity index (χ2n) is 7.49. The Hall–Kier alpha value is -3.08. The average Bonchev–Trinajstić information content (AvgIpc) is 2.70. The van der Waals surface area contributed by atoms with Crippen LogP contribution in [0.2, 0.25) is 0 Å². The van der Waals surface area contributed by atoms with Gasteiger partial charge in [0.15, 0.2) is 5.43 Å². The topological polar surface area (TPSA) is 45.6 Å². The third-order valence-electron chi connectivity index (χ3n) is 5.48. The highest BCUT2D eigenvalue weighted by atomic mass is 16.2. The number of anilines is 1. The van der Waals surface area contributed by atoms with Crippen LogP contribution in [0.1, 0.15) is 11.1 Å². The molecule has 0 spiro atoms. The van der Waals surface area contributed by atoms with Crippen molar-refractivity contribution >= 4 is 22.5 Å². The van der Waals surface area contributed by atoms with Gasteiger partial charge in [0.2, 0.25) is 5.91 Å². The maximum Gasteiger partial charge on any atom is 0.242 e. The second-order valence-corrected chi connectivity index (χ2v) is 7.49. The molecule has 1 aliphatic rings. The summed E-state index contributed by atoms with van der Waals surface area (Å²) in [6.45, 7) is 7.31. The molecule has 0 unspecified atom stereocenters. The first kappa shape index (κ1) is 18.3. The molecule has 28 heavy (non-hydrogen) atoms. The summed E-state index contributed by atoms with van der Waals surface area (Å²) in [5.74, 6) is 0.0943. The maximum absolute atomic E-state index is 12.9. The molecule has 1 fully saturated rings. The molecule has 0 atom stereocenters. The van der Waals surface area contributed by atoms with Gasteiger partial charge < -0.3 is 14.4 Å². The number of hydrogen-bond donors (Lipinski definition) is 0. The van der Waals surface area contributed by atoms with Crippen LogP contribution in [0, 0.1) is 13.8 Å². The number of amides is 1. The van der Waals surface area contributed by atoms with Crippen molar-refractivity contribution in [1.82, 2.24) is 9.47 Å². The summed E-state index contributed by atoms with van der Waals surface area (Å²) in [6.07, 6.45) is 1.74. The van der Waals surface area contributed by atoms with Crippen molar-refractivity contribution in [2.45, 2.75) is 20.4 Å². The molecule has 5 nitrogen and oxygen atoms in total. The standard InChI is InChI=1S/C23H25N3O2/c1-17-14-18(2)23-20(15-17)26(9-8-21(23)27)16-22(28)25-12-10-24(11-13-25)19-6-4-3-5-7-19/h3-9,14-15H,10-13,16H2,1-2H3. The van der Waals surface area contributed by atoms with E-state index in [1.54, 1.807) is 12.3 Å². The molecule has 1 aliphatic heterocycles. The van der Waals surface area contributed by atoms with Gasteiger partial charge in [-0.05, 0) is 43.2 Å². The van der Waals surface area contributed by atoms with Crippen LogP contribution in [-0.4, -0.2) is 41.6 Å². The van der Waals surface area contributed by atoms with Gasteiger partial charge in [-0.25, -0.2) is 0 Å². The minimum atomic E-state index is 0.00711. The fraction of sp³-hybridized carbons (Fsp3) is 0.304. The van der Waals surface area contributed by atoms with E-state index in [2.05, 4.69) is 17.0 Å². The van der Waals surface area contributed by atoms with Crippen LogP contribution in [0.25, 0.3) is 10.9 Å². The maximum atomic E-state index is 12.9. The molecule has 0 saturated carbocycles. The van der Waals surface area contributed by atoms with Gasteiger partial charge in [0.05, 0.1) is 5.52 Å². The van der Waals surface area contributed by atoms with Crippen molar-refractivity contribution in [2.75, 3.05) is 31.1 Å². The van der Waals surface area contributed by atoms with E-state index in [0.29, 0.717) is 18.5 Å². The van der Waals surface area contributed by atoms with Crippen molar-refractivity contribution in [3.8, 4) is 0 Å². The first-order valence-corrected chi connectivity index (χ1v) is 9.71. The van der Waals surface area contributed by atoms with E-state index in [-0.39, 0.29) is 17.9 Å². The minimum absolute atomic E-state index is 0.00711. The van der Waals surface area contributed by atoms with E-state index in [1.807, 2.05) is 53.6 Å². The number of nitrogens with zero attached hydrogens (tertiary/aromatic N) is 3. The van der Waals surface area contributed by atoms with Crippen molar-refractivity contribution in [3.05, 3.63) is 76.1 Å². The number of rotatable bonds is 3. The lowest BCUT2D eigenvalue weighted by Gasteiger charge is -2.36. The van der Waals surface area contributed by atoms with Crippen LogP contribution >= 0.6 is 0 Å². The molecular formula is C23H25N3O2. The molecule has 1 aromatic heterocycles. The summed E-state index contributed by atoms with van der Waals surface area (Å²) in [7, 11) is 0. The Balaban J connectivity index is 1.51. The summed E-state index contributed by atoms with van der Waals surface area (Å²) in [4.78, 5) is 29.5. The first-order chi connectivity index (χ1) is 13.5. The predicted molar refractivity (Wildman–Crippen MR) is 113 cm³/mol. The largest absolute Gasteiger partial charge is 0.368 e. The quantitative estimate of drug-likeness (QED) is 0.707. The van der Waals surface area contributed by atoms with Gasteiger partial charge in [-0.3, -0.25) is 9.59 Å². The third kappa shape index (κ3) is 3.52. The fourth-order valence-electron chi connectivity index (χ4n) is 4.05. The molecule has 1 saturated heterocycles. The van der Waals surface area contributed by atoms with Crippen LogP contribution in [0.4, 0.5) is 5.69 Å². The SMILES string of the molecule is Cc1cc(C)c2c(=O)ccn(CC(=O)N3CCN(c4ccccc4)CC3)c2c1. The number of carbonyl (C=O) groups excluding carboxylic acids is 1. The monoisotopic (exact) mass is 375 g/mol. The Morgan fingerprint density at radius 2 is 1.68 bits per heavy atom. The zero-order valence-corrected chi connectivity index (χ0v) is 16.4. The van der Waals surface area contributed by atoms with Gasteiger partial charge in [-0.15, -0.1) is 0 Å². The van der Waals surface area contributed by atoms with E-state index >= 15 is 0 Å². The lowest BCUT2D eigenvalue weighted by molar-refractivity contribution is -0.132. The van der Waals surface area contributed by atoms with Crippen molar-refractivity contribution in [1.29, 1.82) is 0 Å². The summed E-state index contributed by atoms with van der Waals surface area (Å²) in [6, 6.07) is 15.9. The van der Waals surface area contributed by atoms with E-state index in [1.165, 1.54) is 5.69 Å². The number of carbonyl (C=O) groups is 1. The molecular weight excluding hydrogens is 350 g/mol. The number of piperazine rings is 1. The second kappa shape index (κ2) is 7.50. The first-order valence-electron chi connectivity index (χ1n) is 9.71. The fourth-order valence-corrected chi connectivity index (χ4v) is 4.05. The van der Waals surface area contributed by atoms with Crippen LogP contribution in [0.15, 0.2) is 59.5 Å². The number of para-hydroxylation sites is 1. The van der Waals surface area contributed by atoms with Crippen molar-refractivity contribution < 1.29 is 4.79 Å². The molecule has 0 N–H and O–H groups in total. The summed E-state index contributed by atoms with van der Waals surface area (Å²) < 4.78 is 1.91. The van der Waals surface area contributed by atoms with Crippen molar-refractivity contribution in [2.24, 2.45) is 0 Å². The molecule has 0 aliphatic carbocycles. The number of benzene rings is 2. The third-order valence-corrected chi connectivity index (χ3v) is 5.48. The van der Waals surface area contributed by atoms with Gasteiger partial charge in [0.25, 0.3) is 0 Å². The van der Waals surface area contributed by atoms with Crippen LogP contribution in [0.3, 0.4) is 0 Å². The van der Waals surface area contributed by atoms with E-state index in [9.17, 15) is 9.59 Å². The Kier molecular flexibility index (Phi) is 4.90.